The summed E-state index contributed by atoms with van der Waals surface area (Å²) >= 11 is 6.65. The van der Waals surface area contributed by atoms with Crippen LogP contribution in [-0.2, 0) is 71.5 Å². The Kier molecular flexibility index (Phi) is 17.5. The number of sulfonamides is 1. The number of amides is 4. The zero-order chi connectivity index (χ0) is 58.2. The highest BCUT2D eigenvalue weighted by atomic mass is 35.5. The molecule has 0 saturated carbocycles. The number of halogens is 11. The van der Waals surface area contributed by atoms with Crippen LogP contribution in [0.3, 0.4) is 0 Å². The first-order valence-electron chi connectivity index (χ1n) is 22.1. The predicted molar refractivity (Wildman–Crippen MR) is 251 cm³/mol. The first-order chi connectivity index (χ1) is 36.0. The van der Waals surface area contributed by atoms with Gasteiger partial charge < -0.3 is 34.7 Å². The van der Waals surface area contributed by atoms with Crippen molar-refractivity contribution in [3.8, 4) is 23.5 Å². The van der Waals surface area contributed by atoms with Crippen molar-refractivity contribution in [3.05, 3.63) is 93.0 Å². The van der Waals surface area contributed by atoms with Crippen LogP contribution in [0.4, 0.5) is 59.3 Å². The highest BCUT2D eigenvalue weighted by Crippen LogP contribution is 2.50. The lowest BCUT2D eigenvalue weighted by Crippen LogP contribution is -2.49. The van der Waals surface area contributed by atoms with Crippen LogP contribution in [0.5, 0.6) is 0 Å². The quantitative estimate of drug-likeness (QED) is 0.0283. The lowest BCUT2D eigenvalue weighted by Gasteiger charge is -2.29. The highest BCUT2D eigenvalue weighted by molar-refractivity contribution is 7.92. The Labute approximate surface area is 438 Å². The molecule has 3 heterocycles. The van der Waals surface area contributed by atoms with Crippen LogP contribution in [0.25, 0.3) is 22.0 Å². The molecule has 4 N–H and O–H groups in total. The van der Waals surface area contributed by atoms with Crippen molar-refractivity contribution in [1.82, 2.24) is 39.7 Å². The molecule has 0 aliphatic heterocycles. The second-order valence-electron chi connectivity index (χ2n) is 17.3. The van der Waals surface area contributed by atoms with Crippen LogP contribution < -0.4 is 9.62 Å². The number of fused-ring (bicyclic) bond motifs is 2. The number of hydrogen-bond acceptors (Lipinski definition) is 12. The minimum absolute atomic E-state index is 0.0801. The smallest absolute Gasteiger partial charge is 0.472 e. The maximum Gasteiger partial charge on any atom is 0.472 e. The zero-order valence-electron chi connectivity index (χ0n) is 40.2. The summed E-state index contributed by atoms with van der Waals surface area (Å²) in [5.74, 6) is -10.8. The Morgan fingerprint density at radius 3 is 2.22 bits per heavy atom. The van der Waals surface area contributed by atoms with Gasteiger partial charge in [-0.3, -0.25) is 23.9 Å². The van der Waals surface area contributed by atoms with Gasteiger partial charge in [-0.25, -0.2) is 35.9 Å². The Bertz CT molecular complexity index is 3370. The summed E-state index contributed by atoms with van der Waals surface area (Å²) in [5, 5.41) is 17.8. The number of carboxylic acid groups (broad SMARTS) is 1. The molecule has 21 nitrogen and oxygen atoms in total. The van der Waals surface area contributed by atoms with E-state index >= 15 is 8.78 Å². The number of benzene rings is 2. The van der Waals surface area contributed by atoms with Crippen molar-refractivity contribution in [2.75, 3.05) is 44.0 Å². The van der Waals surface area contributed by atoms with E-state index < -0.39 is 187 Å². The van der Waals surface area contributed by atoms with Crippen molar-refractivity contribution in [1.29, 1.82) is 0 Å². The Hall–Kier alpha value is -7.04. The zero-order valence-corrected chi connectivity index (χ0v) is 42.7. The van der Waals surface area contributed by atoms with Gasteiger partial charge in [0.15, 0.2) is 11.5 Å². The standard InChI is InChI=1S/C44H41ClF10N9O12PS/c1-5-24-17-29-37(44(53,54)55)58-62(38(29)43(24,51)52)19-32(65)57-31(16-23-14-25(46)18-26(47)15-23)35-27(7-6-22(2)56-35)28-8-9-30(45)34-36(28)63(20-42(48,49)50)59-39(34)64(78(4,73)74)40(68)61(11-10-33(66)67)13-12-60(3)41(69)75-21-76-77(70,71)72/h1,6-9,14-15,18,24,31H,10-13,16-17,19-21H2,2-4H3,(H,57,65)(H,66,67)(H2,70,71,72)/t24-,31+/m1/s1. The lowest BCUT2D eigenvalue weighted by molar-refractivity contribution is -0.143. The van der Waals surface area contributed by atoms with E-state index in [4.69, 9.17) is 27.8 Å². The van der Waals surface area contributed by atoms with Crippen LogP contribution in [-0.4, -0.2) is 128 Å². The molecule has 422 valence electrons. The third-order valence-corrected chi connectivity index (χ3v) is 13.2. The summed E-state index contributed by atoms with van der Waals surface area (Å²) in [5.41, 5.74) is -6.00. The first kappa shape index (κ1) is 60.2. The third-order valence-electron chi connectivity index (χ3n) is 11.5. The number of nitrogens with zero attached hydrogens (tertiary/aromatic N) is 8. The number of carboxylic acids is 1. The number of pyridine rings is 1. The van der Waals surface area contributed by atoms with E-state index in [1.165, 1.54) is 19.1 Å². The molecule has 1 aliphatic carbocycles. The van der Waals surface area contributed by atoms with Crippen molar-refractivity contribution < 1.29 is 100 Å². The molecule has 3 aromatic heterocycles. The normalized spacial score (nSPS) is 14.9. The first-order valence-corrected chi connectivity index (χ1v) is 25.8. The lowest BCUT2D eigenvalue weighted by atomic mass is 9.93. The molecule has 1 aliphatic rings. The van der Waals surface area contributed by atoms with Crippen molar-refractivity contribution in [3.63, 3.8) is 0 Å². The van der Waals surface area contributed by atoms with Gasteiger partial charge in [0.25, 0.3) is 0 Å². The number of aryl methyl sites for hydroxylation is 1. The van der Waals surface area contributed by atoms with E-state index in [1.807, 2.05) is 0 Å². The molecule has 0 unspecified atom stereocenters. The summed E-state index contributed by atoms with van der Waals surface area (Å²) in [4.78, 5) is 76.2. The Balaban J connectivity index is 1.51. The maximum absolute atomic E-state index is 15.6. The summed E-state index contributed by atoms with van der Waals surface area (Å²) in [6.07, 6.45) is -8.79. The molecule has 0 fully saturated rings. The SMILES string of the molecule is C#C[C@@H]1Cc2c(C(F)(F)F)nn(CC(=O)N[C@@H](Cc3cc(F)cc(F)c3)c3nc(C)ccc3-c3ccc(Cl)c4c(N(C(=O)N(CCC(=O)O)CCN(C)C(=O)OCOP(=O)(O)O)S(C)(=O)=O)nn(CC(F)(F)F)c34)c2C1(F)F. The second kappa shape index (κ2) is 22.7. The van der Waals surface area contributed by atoms with E-state index in [2.05, 4.69) is 29.8 Å². The van der Waals surface area contributed by atoms with Gasteiger partial charge in [-0.2, -0.15) is 49.6 Å². The van der Waals surface area contributed by atoms with E-state index in [1.54, 1.807) is 5.92 Å². The number of urea groups is 1. The molecule has 2 aromatic carbocycles. The van der Waals surface area contributed by atoms with Gasteiger partial charge >= 0.3 is 44.2 Å². The predicted octanol–water partition coefficient (Wildman–Crippen LogP) is 6.91. The summed E-state index contributed by atoms with van der Waals surface area (Å²) in [6, 6.07) is 3.21. The van der Waals surface area contributed by atoms with Gasteiger partial charge in [0, 0.05) is 55.1 Å². The number of carbonyl (C=O) groups is 4. The molecule has 34 heteroatoms. The number of phosphoric acid groups is 1. The second-order valence-corrected chi connectivity index (χ2v) is 20.8. The number of likely N-dealkylation sites (N-methyl/N-ethyl adjacent to an activating group) is 1. The molecular weight excluding hydrogens is 1140 g/mol. The number of carbonyl (C=O) groups excluding carboxylic acids is 3. The maximum atomic E-state index is 15.6. The monoisotopic (exact) mass is 1180 g/mol. The van der Waals surface area contributed by atoms with Crippen LogP contribution in [0.2, 0.25) is 5.02 Å². The molecule has 5 aromatic rings. The number of rotatable bonds is 19. The molecule has 4 amide bonds. The van der Waals surface area contributed by atoms with Gasteiger partial charge in [-0.05, 0) is 49.6 Å². The molecule has 2 atom stereocenters. The number of anilines is 1. The fraction of sp³-hybridized carbons (Fsp3) is 0.386. The fourth-order valence-corrected chi connectivity index (χ4v) is 9.54. The number of aromatic nitrogens is 5. The average Bonchev–Trinajstić information content (AvgIpc) is 4.09. The molecule has 0 spiro atoms. The number of ether oxygens (including phenoxy) is 1. The summed E-state index contributed by atoms with van der Waals surface area (Å²) in [7, 11) is -9.18. The third kappa shape index (κ3) is 14.0. The summed E-state index contributed by atoms with van der Waals surface area (Å²) in [6.45, 7) is -5.57. The van der Waals surface area contributed by atoms with Crippen molar-refractivity contribution in [2.24, 2.45) is 5.92 Å². The fourth-order valence-electron chi connectivity index (χ4n) is 8.27. The van der Waals surface area contributed by atoms with Crippen molar-refractivity contribution >= 4 is 70.2 Å². The van der Waals surface area contributed by atoms with Crippen LogP contribution in [0.1, 0.15) is 46.4 Å². The number of nitrogens with one attached hydrogen (secondary N) is 1. The van der Waals surface area contributed by atoms with Gasteiger partial charge in [-0.1, -0.05) is 29.7 Å². The van der Waals surface area contributed by atoms with Crippen LogP contribution >= 0.6 is 19.4 Å². The van der Waals surface area contributed by atoms with Crippen molar-refractivity contribution in [2.45, 2.75) is 63.6 Å². The van der Waals surface area contributed by atoms with Crippen LogP contribution in [0, 0.1) is 36.8 Å². The number of alkyl halides is 8. The van der Waals surface area contributed by atoms with E-state index in [0.29, 0.717) is 22.1 Å². The van der Waals surface area contributed by atoms with Gasteiger partial charge in [0.2, 0.25) is 22.7 Å². The molecular formula is C44H41ClF10N9O12PS. The molecule has 0 bridgehead atoms. The van der Waals surface area contributed by atoms with Gasteiger partial charge in [0.1, 0.15) is 30.4 Å². The average molecular weight is 1180 g/mol. The number of phosphoric ester groups is 1. The van der Waals surface area contributed by atoms with E-state index in [9.17, 15) is 72.4 Å². The molecule has 6 rings (SSSR count). The van der Waals surface area contributed by atoms with Crippen LogP contribution in [0.15, 0.2) is 42.5 Å². The van der Waals surface area contributed by atoms with Gasteiger partial charge in [-0.15, -0.1) is 6.42 Å². The summed E-state index contributed by atoms with van der Waals surface area (Å²) < 4.78 is 194. The topological polar surface area (TPSA) is 269 Å². The number of terminal acetylenes is 1. The molecule has 0 saturated heterocycles. The Morgan fingerprint density at radius 1 is 1.00 bits per heavy atom. The minimum atomic E-state index is -5.31. The van der Waals surface area contributed by atoms with E-state index in [0.717, 1.165) is 31.3 Å². The van der Waals surface area contributed by atoms with Gasteiger partial charge in [0.05, 0.1) is 46.3 Å². The molecule has 0 radical (unpaired) electrons. The largest absolute Gasteiger partial charge is 0.481 e. The Morgan fingerprint density at radius 2 is 1.64 bits per heavy atom. The minimum Gasteiger partial charge on any atom is -0.481 e. The van der Waals surface area contributed by atoms with E-state index in [-0.39, 0.29) is 36.2 Å². The highest BCUT2D eigenvalue weighted by Gasteiger charge is 2.55. The number of hydrogen-bond donors (Lipinski definition) is 4. The number of aliphatic carboxylic acids is 1. The molecule has 78 heavy (non-hydrogen) atoms.